The third kappa shape index (κ3) is 2.79. The lowest BCUT2D eigenvalue weighted by Gasteiger charge is -2.41. The van der Waals surface area contributed by atoms with E-state index in [1.54, 1.807) is 13.2 Å². The molecule has 1 fully saturated rings. The largest absolute Gasteiger partial charge is 0.370 e. The molecule has 1 aliphatic carbocycles. The number of hydrogen-bond donors (Lipinski definition) is 0. The summed E-state index contributed by atoms with van der Waals surface area (Å²) < 4.78 is 5.73. The summed E-state index contributed by atoms with van der Waals surface area (Å²) in [5, 5.41) is 0.734. The summed E-state index contributed by atoms with van der Waals surface area (Å²) in [6, 6.07) is 1.54. The van der Waals surface area contributed by atoms with Crippen LogP contribution in [0.2, 0.25) is 10.3 Å². The lowest BCUT2D eigenvalue weighted by molar-refractivity contribution is -0.0729. The monoisotopic (exact) mass is 288 g/mol. The average Bonchev–Trinajstić information content (AvgIpc) is 2.28. The molecule has 0 spiro atoms. The van der Waals surface area contributed by atoms with E-state index in [2.05, 4.69) is 23.8 Å². The first-order valence-corrected chi connectivity index (χ1v) is 6.88. The van der Waals surface area contributed by atoms with Gasteiger partial charge in [0.1, 0.15) is 15.9 Å². The summed E-state index contributed by atoms with van der Waals surface area (Å²) in [6.45, 7) is 4.55. The van der Waals surface area contributed by atoms with E-state index in [1.165, 1.54) is 0 Å². The van der Waals surface area contributed by atoms with Crippen LogP contribution in [0.1, 0.15) is 45.4 Å². The van der Waals surface area contributed by atoms with Crippen LogP contribution >= 0.6 is 23.2 Å². The molecule has 0 atom stereocenters. The highest BCUT2D eigenvalue weighted by Gasteiger charge is 2.42. The average molecular weight is 289 g/mol. The molecule has 0 unspecified atom stereocenters. The molecule has 0 aliphatic heterocycles. The Balaban J connectivity index is 2.33. The van der Waals surface area contributed by atoms with Crippen LogP contribution in [0.5, 0.6) is 0 Å². The van der Waals surface area contributed by atoms with E-state index in [9.17, 15) is 0 Å². The normalized spacial score (nSPS) is 21.8. The Hall–Kier alpha value is -0.380. The van der Waals surface area contributed by atoms with Crippen LogP contribution in [0.3, 0.4) is 0 Å². The third-order valence-electron chi connectivity index (χ3n) is 3.87. The van der Waals surface area contributed by atoms with Crippen molar-refractivity contribution < 1.29 is 4.74 Å². The predicted octanol–water partition coefficient (Wildman–Crippen LogP) is 4.23. The highest BCUT2D eigenvalue weighted by atomic mass is 35.5. The molecule has 100 valence electrons. The maximum Gasteiger partial charge on any atom is 0.163 e. The molecule has 3 nitrogen and oxygen atoms in total. The zero-order valence-electron chi connectivity index (χ0n) is 11.0. The molecule has 0 saturated heterocycles. The van der Waals surface area contributed by atoms with Gasteiger partial charge in [-0.15, -0.1) is 0 Å². The number of rotatable bonds is 2. The maximum atomic E-state index is 5.95. The third-order valence-corrected chi connectivity index (χ3v) is 4.26. The second-order valence-corrected chi connectivity index (χ2v) is 6.47. The minimum Gasteiger partial charge on any atom is -0.370 e. The van der Waals surface area contributed by atoms with Crippen molar-refractivity contribution in [3.63, 3.8) is 0 Å². The van der Waals surface area contributed by atoms with E-state index in [0.717, 1.165) is 25.7 Å². The van der Waals surface area contributed by atoms with Gasteiger partial charge in [0.25, 0.3) is 0 Å². The minimum atomic E-state index is -0.440. The van der Waals surface area contributed by atoms with Gasteiger partial charge in [0.2, 0.25) is 0 Å². The van der Waals surface area contributed by atoms with Gasteiger partial charge in [0.05, 0.1) is 0 Å². The van der Waals surface area contributed by atoms with Crippen LogP contribution in [-0.2, 0) is 10.3 Å². The number of ether oxygens (including phenoxy) is 1. The summed E-state index contributed by atoms with van der Waals surface area (Å²) >= 11 is 11.9. The van der Waals surface area contributed by atoms with Crippen LogP contribution in [-0.4, -0.2) is 17.1 Å². The van der Waals surface area contributed by atoms with Gasteiger partial charge in [-0.2, -0.15) is 0 Å². The van der Waals surface area contributed by atoms with Crippen molar-refractivity contribution in [1.82, 2.24) is 9.97 Å². The summed E-state index contributed by atoms with van der Waals surface area (Å²) in [5.74, 6) is 0.609. The molecular weight excluding hydrogens is 271 g/mol. The zero-order valence-corrected chi connectivity index (χ0v) is 12.5. The Morgan fingerprint density at radius 2 is 1.56 bits per heavy atom. The molecule has 5 heteroatoms. The molecule has 1 aliphatic rings. The number of hydrogen-bond acceptors (Lipinski definition) is 3. The van der Waals surface area contributed by atoms with Crippen molar-refractivity contribution in [2.24, 2.45) is 5.41 Å². The number of halogens is 2. The summed E-state index contributed by atoms with van der Waals surface area (Å²) in [6.07, 6.45) is 3.95. The molecule has 2 rings (SSSR count). The predicted molar refractivity (Wildman–Crippen MR) is 73.0 cm³/mol. The van der Waals surface area contributed by atoms with Gasteiger partial charge >= 0.3 is 0 Å². The Bertz CT molecular complexity index is 418. The number of nitrogens with zero attached hydrogens (tertiary/aromatic N) is 2. The topological polar surface area (TPSA) is 35.0 Å². The summed E-state index contributed by atoms with van der Waals surface area (Å²) in [4.78, 5) is 8.59. The Morgan fingerprint density at radius 3 is 2.00 bits per heavy atom. The van der Waals surface area contributed by atoms with Gasteiger partial charge in [0, 0.05) is 13.2 Å². The van der Waals surface area contributed by atoms with Crippen LogP contribution in [0.25, 0.3) is 0 Å². The van der Waals surface area contributed by atoms with Crippen LogP contribution < -0.4 is 0 Å². The van der Waals surface area contributed by atoms with Gasteiger partial charge in [-0.25, -0.2) is 9.97 Å². The van der Waals surface area contributed by atoms with Crippen molar-refractivity contribution in [2.45, 2.75) is 45.1 Å². The Labute approximate surface area is 118 Å². The van der Waals surface area contributed by atoms with Crippen LogP contribution in [0.15, 0.2) is 6.07 Å². The van der Waals surface area contributed by atoms with Crippen molar-refractivity contribution in [3.05, 3.63) is 22.2 Å². The van der Waals surface area contributed by atoms with E-state index in [0.29, 0.717) is 21.5 Å². The van der Waals surface area contributed by atoms with Crippen LogP contribution in [0, 0.1) is 5.41 Å². The first-order valence-electron chi connectivity index (χ1n) is 6.13. The minimum absolute atomic E-state index is 0.352. The van der Waals surface area contributed by atoms with E-state index in [4.69, 9.17) is 27.9 Å². The molecular formula is C13H18Cl2N2O. The van der Waals surface area contributed by atoms with E-state index in [-0.39, 0.29) is 0 Å². The molecule has 18 heavy (non-hydrogen) atoms. The van der Waals surface area contributed by atoms with E-state index in [1.807, 2.05) is 0 Å². The van der Waals surface area contributed by atoms with Crippen molar-refractivity contribution in [1.29, 1.82) is 0 Å². The molecule has 0 radical (unpaired) electrons. The molecule has 0 bridgehead atoms. The zero-order chi connectivity index (χ0) is 13.4. The Morgan fingerprint density at radius 1 is 1.06 bits per heavy atom. The molecule has 0 N–H and O–H groups in total. The van der Waals surface area contributed by atoms with Gasteiger partial charge < -0.3 is 4.74 Å². The lowest BCUT2D eigenvalue weighted by atomic mass is 9.70. The smallest absolute Gasteiger partial charge is 0.163 e. The summed E-state index contributed by atoms with van der Waals surface area (Å²) in [5.41, 5.74) is -0.0888. The maximum absolute atomic E-state index is 5.95. The van der Waals surface area contributed by atoms with Crippen LogP contribution in [0.4, 0.5) is 0 Å². The number of methoxy groups -OCH3 is 1. The fourth-order valence-corrected chi connectivity index (χ4v) is 2.87. The number of aromatic nitrogens is 2. The first-order chi connectivity index (χ1) is 8.37. The molecule has 1 aromatic rings. The summed E-state index contributed by atoms with van der Waals surface area (Å²) in [7, 11) is 1.70. The van der Waals surface area contributed by atoms with Gasteiger partial charge in [-0.05, 0) is 31.1 Å². The first kappa shape index (κ1) is 14.0. The van der Waals surface area contributed by atoms with Gasteiger partial charge in [-0.3, -0.25) is 0 Å². The van der Waals surface area contributed by atoms with E-state index < -0.39 is 5.60 Å². The van der Waals surface area contributed by atoms with Crippen molar-refractivity contribution >= 4 is 23.2 Å². The molecule has 0 aromatic carbocycles. The highest BCUT2D eigenvalue weighted by molar-refractivity contribution is 6.33. The fraction of sp³-hybridized carbons (Fsp3) is 0.692. The molecule has 1 saturated carbocycles. The molecule has 1 aromatic heterocycles. The molecule has 1 heterocycles. The second kappa shape index (κ2) is 4.95. The quantitative estimate of drug-likeness (QED) is 0.764. The second-order valence-electron chi connectivity index (χ2n) is 5.70. The Kier molecular flexibility index (Phi) is 3.86. The highest BCUT2D eigenvalue weighted by Crippen LogP contribution is 2.46. The van der Waals surface area contributed by atoms with Gasteiger partial charge in [-0.1, -0.05) is 37.0 Å². The van der Waals surface area contributed by atoms with Crippen molar-refractivity contribution in [2.75, 3.05) is 7.11 Å². The van der Waals surface area contributed by atoms with Gasteiger partial charge in [0.15, 0.2) is 5.82 Å². The fourth-order valence-electron chi connectivity index (χ4n) is 2.44. The van der Waals surface area contributed by atoms with E-state index >= 15 is 0 Å². The molecule has 0 amide bonds. The SMILES string of the molecule is COC1(c2nc(Cl)cc(Cl)n2)CCC(C)(C)CC1. The lowest BCUT2D eigenvalue weighted by Crippen LogP contribution is -2.38. The van der Waals surface area contributed by atoms with Crippen molar-refractivity contribution in [3.8, 4) is 0 Å². The standard InChI is InChI=1S/C13H18Cl2N2O/c1-12(2)4-6-13(18-3,7-5-12)11-16-9(14)8-10(15)17-11/h8H,4-7H2,1-3H3.